The Kier molecular flexibility index (Phi) is 7.26. The third kappa shape index (κ3) is 4.97. The first-order valence-corrected chi connectivity index (χ1v) is 11.7. The predicted octanol–water partition coefficient (Wildman–Crippen LogP) is 3.59. The number of rotatable bonds is 6. The summed E-state index contributed by atoms with van der Waals surface area (Å²) in [5, 5.41) is 3.30. The minimum atomic E-state index is -0.451. The van der Waals surface area contributed by atoms with Crippen molar-refractivity contribution in [1.82, 2.24) is 4.90 Å². The molecule has 2 aliphatic rings. The quantitative estimate of drug-likeness (QED) is 0.675. The summed E-state index contributed by atoms with van der Waals surface area (Å²) in [6, 6.07) is 12.6. The van der Waals surface area contributed by atoms with Crippen molar-refractivity contribution in [2.24, 2.45) is 11.8 Å². The molecular weight excluding hydrogens is 458 g/mol. The van der Waals surface area contributed by atoms with Gasteiger partial charge in [0.1, 0.15) is 11.5 Å². The molecule has 3 amide bonds. The van der Waals surface area contributed by atoms with Crippen molar-refractivity contribution in [3.05, 3.63) is 47.5 Å². The summed E-state index contributed by atoms with van der Waals surface area (Å²) >= 11 is 6.27. The Morgan fingerprint density at radius 1 is 1.00 bits per heavy atom. The lowest BCUT2D eigenvalue weighted by molar-refractivity contribution is -0.138. The Morgan fingerprint density at radius 2 is 1.68 bits per heavy atom. The minimum Gasteiger partial charge on any atom is -0.495 e. The van der Waals surface area contributed by atoms with Crippen molar-refractivity contribution in [2.75, 3.05) is 44.1 Å². The van der Waals surface area contributed by atoms with E-state index >= 15 is 0 Å². The predicted molar refractivity (Wildman–Crippen MR) is 129 cm³/mol. The number of benzene rings is 2. The van der Waals surface area contributed by atoms with Gasteiger partial charge in [-0.05, 0) is 31.0 Å². The second-order valence-corrected chi connectivity index (χ2v) is 8.93. The van der Waals surface area contributed by atoms with Gasteiger partial charge in [-0.25, -0.2) is 0 Å². The summed E-state index contributed by atoms with van der Waals surface area (Å²) in [5.74, 6) is 0.0634. The van der Waals surface area contributed by atoms with Crippen LogP contribution in [0.15, 0.2) is 42.5 Å². The van der Waals surface area contributed by atoms with Crippen molar-refractivity contribution in [3.8, 4) is 11.5 Å². The highest BCUT2D eigenvalue weighted by atomic mass is 35.5. The zero-order valence-corrected chi connectivity index (χ0v) is 20.0. The summed E-state index contributed by atoms with van der Waals surface area (Å²) < 4.78 is 10.7. The average Bonchev–Trinajstić information content (AvgIpc) is 3.25. The molecule has 180 valence electrons. The summed E-state index contributed by atoms with van der Waals surface area (Å²) in [7, 11) is 3.01. The number of methoxy groups -OCH3 is 2. The number of carbonyl (C=O) groups is 3. The van der Waals surface area contributed by atoms with E-state index in [2.05, 4.69) is 5.32 Å². The topological polar surface area (TPSA) is 88.2 Å². The van der Waals surface area contributed by atoms with Gasteiger partial charge in [0.05, 0.1) is 30.8 Å². The molecule has 4 rings (SSSR count). The fourth-order valence-electron chi connectivity index (χ4n) is 4.55. The average molecular weight is 486 g/mol. The molecule has 34 heavy (non-hydrogen) atoms. The number of likely N-dealkylation sites (tertiary alicyclic amines) is 1. The number of piperidine rings is 1. The number of carbonyl (C=O) groups excluding carboxylic acids is 3. The van der Waals surface area contributed by atoms with Gasteiger partial charge in [-0.15, -0.1) is 0 Å². The molecule has 1 N–H and O–H groups in total. The molecule has 2 fully saturated rings. The van der Waals surface area contributed by atoms with Crippen molar-refractivity contribution in [3.63, 3.8) is 0 Å². The highest BCUT2D eigenvalue weighted by molar-refractivity contribution is 6.32. The van der Waals surface area contributed by atoms with Crippen LogP contribution >= 0.6 is 11.6 Å². The maximum absolute atomic E-state index is 13.2. The van der Waals surface area contributed by atoms with Gasteiger partial charge >= 0.3 is 0 Å². The van der Waals surface area contributed by atoms with E-state index in [0.717, 1.165) is 5.69 Å². The number of halogens is 1. The lowest BCUT2D eigenvalue weighted by atomic mass is 9.94. The Hall–Kier alpha value is -3.26. The zero-order chi connectivity index (χ0) is 24.2. The molecule has 0 radical (unpaired) electrons. The van der Waals surface area contributed by atoms with E-state index in [9.17, 15) is 14.4 Å². The Morgan fingerprint density at radius 3 is 2.32 bits per heavy atom. The molecule has 2 aromatic rings. The molecule has 0 saturated carbocycles. The van der Waals surface area contributed by atoms with Gasteiger partial charge in [0.2, 0.25) is 17.7 Å². The Labute approximate surface area is 203 Å². The number of anilines is 2. The monoisotopic (exact) mass is 485 g/mol. The van der Waals surface area contributed by atoms with E-state index in [4.69, 9.17) is 21.1 Å². The van der Waals surface area contributed by atoms with E-state index in [1.165, 1.54) is 14.2 Å². The maximum Gasteiger partial charge on any atom is 0.228 e. The molecular formula is C25H28ClN3O5. The minimum absolute atomic E-state index is 0.0241. The van der Waals surface area contributed by atoms with Crippen LogP contribution in [-0.4, -0.2) is 56.5 Å². The number of ether oxygens (including phenoxy) is 2. The van der Waals surface area contributed by atoms with Crippen LogP contribution in [0.3, 0.4) is 0 Å². The molecule has 0 unspecified atom stereocenters. The van der Waals surface area contributed by atoms with Gasteiger partial charge in [0.25, 0.3) is 0 Å². The van der Waals surface area contributed by atoms with Crippen molar-refractivity contribution in [2.45, 2.75) is 19.3 Å². The number of nitrogens with one attached hydrogen (secondary N) is 1. The molecule has 1 atom stereocenters. The van der Waals surface area contributed by atoms with E-state index in [1.54, 1.807) is 21.9 Å². The smallest absolute Gasteiger partial charge is 0.228 e. The van der Waals surface area contributed by atoms with Gasteiger partial charge in [0, 0.05) is 43.7 Å². The highest BCUT2D eigenvalue weighted by Gasteiger charge is 2.39. The molecule has 0 aliphatic carbocycles. The lowest BCUT2D eigenvalue weighted by Gasteiger charge is -2.33. The molecule has 2 aromatic carbocycles. The molecule has 8 nitrogen and oxygen atoms in total. The zero-order valence-electron chi connectivity index (χ0n) is 19.3. The second kappa shape index (κ2) is 10.3. The number of nitrogens with zero attached hydrogens (tertiary/aromatic N) is 2. The molecule has 2 saturated heterocycles. The highest BCUT2D eigenvalue weighted by Crippen LogP contribution is 2.40. The van der Waals surface area contributed by atoms with Crippen LogP contribution < -0.4 is 19.7 Å². The van der Waals surface area contributed by atoms with Gasteiger partial charge in [-0.1, -0.05) is 29.8 Å². The number of para-hydroxylation sites is 1. The van der Waals surface area contributed by atoms with Gasteiger partial charge in [-0.3, -0.25) is 14.4 Å². The van der Waals surface area contributed by atoms with Gasteiger partial charge < -0.3 is 24.6 Å². The molecule has 9 heteroatoms. The normalized spacial score (nSPS) is 18.7. The molecule has 0 aromatic heterocycles. The third-order valence-electron chi connectivity index (χ3n) is 6.44. The van der Waals surface area contributed by atoms with Gasteiger partial charge in [0.15, 0.2) is 0 Å². The van der Waals surface area contributed by atoms with Crippen LogP contribution in [0.5, 0.6) is 11.5 Å². The first kappa shape index (κ1) is 23.9. The Bertz CT molecular complexity index is 1070. The summed E-state index contributed by atoms with van der Waals surface area (Å²) in [5.41, 5.74) is 1.29. The van der Waals surface area contributed by atoms with E-state index < -0.39 is 5.92 Å². The lowest BCUT2D eigenvalue weighted by Crippen LogP contribution is -2.44. The fourth-order valence-corrected chi connectivity index (χ4v) is 4.78. The second-order valence-electron chi connectivity index (χ2n) is 8.52. The van der Waals surface area contributed by atoms with E-state index in [1.807, 2.05) is 30.3 Å². The number of amides is 3. The van der Waals surface area contributed by atoms with Crippen LogP contribution in [0.2, 0.25) is 5.02 Å². The molecule has 2 aliphatic heterocycles. The van der Waals surface area contributed by atoms with Crippen molar-refractivity contribution < 1.29 is 23.9 Å². The SMILES string of the molecule is COc1cc(OC)c(N2C[C@@H](C(=O)N3CCC(C(=O)Nc4ccccc4)CC3)CC2=O)cc1Cl. The summed E-state index contributed by atoms with van der Waals surface area (Å²) in [4.78, 5) is 41.9. The van der Waals surface area contributed by atoms with Gasteiger partial charge in [-0.2, -0.15) is 0 Å². The van der Waals surface area contributed by atoms with E-state index in [0.29, 0.717) is 48.1 Å². The van der Waals surface area contributed by atoms with Crippen LogP contribution in [0.4, 0.5) is 11.4 Å². The van der Waals surface area contributed by atoms with Crippen LogP contribution in [-0.2, 0) is 14.4 Å². The van der Waals surface area contributed by atoms with E-state index in [-0.39, 0.29) is 36.6 Å². The Balaban J connectivity index is 1.36. The first-order chi connectivity index (χ1) is 16.4. The maximum atomic E-state index is 13.2. The molecule has 2 heterocycles. The van der Waals surface area contributed by atoms with Crippen molar-refractivity contribution >= 4 is 40.7 Å². The fraction of sp³-hybridized carbons (Fsp3) is 0.400. The number of hydrogen-bond acceptors (Lipinski definition) is 5. The van der Waals surface area contributed by atoms with Crippen LogP contribution in [0.25, 0.3) is 0 Å². The largest absolute Gasteiger partial charge is 0.495 e. The van der Waals surface area contributed by atoms with Crippen LogP contribution in [0, 0.1) is 11.8 Å². The first-order valence-electron chi connectivity index (χ1n) is 11.3. The molecule has 0 bridgehead atoms. The third-order valence-corrected chi connectivity index (χ3v) is 6.73. The molecule has 0 spiro atoms. The summed E-state index contributed by atoms with van der Waals surface area (Å²) in [6.07, 6.45) is 1.31. The van der Waals surface area contributed by atoms with Crippen LogP contribution in [0.1, 0.15) is 19.3 Å². The standard InChI is InChI=1S/C25H28ClN3O5/c1-33-21-14-22(34-2)20(13-19(21)26)29-15-17(12-23(29)30)25(32)28-10-8-16(9-11-28)24(31)27-18-6-4-3-5-7-18/h3-7,13-14,16-17H,8-12,15H2,1-2H3,(H,27,31)/t17-/m0/s1. The van der Waals surface area contributed by atoms with Crippen molar-refractivity contribution in [1.29, 1.82) is 0 Å². The number of hydrogen-bond donors (Lipinski definition) is 1. The summed E-state index contributed by atoms with van der Waals surface area (Å²) in [6.45, 7) is 1.24.